The first-order valence-electron chi connectivity index (χ1n) is 4.64. The molecule has 0 aromatic carbocycles. The van der Waals surface area contributed by atoms with Crippen LogP contribution in [0.1, 0.15) is 21.1 Å². The molecule has 0 saturated carbocycles. The molecule has 0 bridgehead atoms. The lowest BCUT2D eigenvalue weighted by Crippen LogP contribution is -2.04. The SMILES string of the molecule is COC(=O)c1nc(C(=O)O)n2cccc(N)c12. The Labute approximate surface area is 95.4 Å². The van der Waals surface area contributed by atoms with Crippen molar-refractivity contribution in [3.05, 3.63) is 29.8 Å². The lowest BCUT2D eigenvalue weighted by molar-refractivity contribution is 0.0597. The van der Waals surface area contributed by atoms with Gasteiger partial charge in [-0.15, -0.1) is 0 Å². The molecule has 2 aromatic heterocycles. The molecule has 2 rings (SSSR count). The van der Waals surface area contributed by atoms with Crippen LogP contribution in [-0.4, -0.2) is 33.5 Å². The average Bonchev–Trinajstić information content (AvgIpc) is 2.69. The molecule has 0 fully saturated rings. The summed E-state index contributed by atoms with van der Waals surface area (Å²) in [5, 5.41) is 8.97. The highest BCUT2D eigenvalue weighted by atomic mass is 16.5. The number of imidazole rings is 1. The molecule has 0 aliphatic heterocycles. The molecule has 0 aliphatic rings. The van der Waals surface area contributed by atoms with E-state index in [-0.39, 0.29) is 22.7 Å². The molecule has 17 heavy (non-hydrogen) atoms. The molecular formula is C10H9N3O4. The molecule has 7 heteroatoms. The van der Waals surface area contributed by atoms with Gasteiger partial charge in [-0.25, -0.2) is 14.6 Å². The van der Waals surface area contributed by atoms with Gasteiger partial charge in [0.05, 0.1) is 12.8 Å². The lowest BCUT2D eigenvalue weighted by atomic mass is 10.3. The highest BCUT2D eigenvalue weighted by Crippen LogP contribution is 2.20. The molecule has 0 unspecified atom stereocenters. The number of carboxylic acid groups (broad SMARTS) is 1. The number of carboxylic acids is 1. The van der Waals surface area contributed by atoms with E-state index in [9.17, 15) is 9.59 Å². The third-order valence-corrected chi connectivity index (χ3v) is 2.27. The minimum Gasteiger partial charge on any atom is -0.475 e. The average molecular weight is 235 g/mol. The standard InChI is InChI=1S/C10H9N3O4/c1-17-10(16)6-7-5(11)3-2-4-13(7)8(12-6)9(14)15/h2-4H,11H2,1H3,(H,14,15). The van der Waals surface area contributed by atoms with E-state index in [1.807, 2.05) is 0 Å². The Kier molecular flexibility index (Phi) is 2.43. The third kappa shape index (κ3) is 1.57. The minimum atomic E-state index is -1.25. The second-order valence-electron chi connectivity index (χ2n) is 3.26. The number of carbonyl (C=O) groups is 2. The second kappa shape index (κ2) is 3.78. The Morgan fingerprint density at radius 2 is 2.24 bits per heavy atom. The topological polar surface area (TPSA) is 107 Å². The molecule has 0 atom stereocenters. The van der Waals surface area contributed by atoms with Crippen LogP contribution in [0.15, 0.2) is 18.3 Å². The number of aromatic carboxylic acids is 1. The molecule has 0 aliphatic carbocycles. The van der Waals surface area contributed by atoms with Gasteiger partial charge in [-0.3, -0.25) is 4.40 Å². The summed E-state index contributed by atoms with van der Waals surface area (Å²) in [6.07, 6.45) is 1.47. The fourth-order valence-corrected chi connectivity index (χ4v) is 1.56. The fraction of sp³-hybridized carbons (Fsp3) is 0.100. The van der Waals surface area contributed by atoms with Crippen molar-refractivity contribution in [2.24, 2.45) is 0 Å². The first kappa shape index (κ1) is 10.9. The largest absolute Gasteiger partial charge is 0.475 e. The predicted molar refractivity (Wildman–Crippen MR) is 57.9 cm³/mol. The molecule has 7 nitrogen and oxygen atoms in total. The van der Waals surface area contributed by atoms with Gasteiger partial charge in [-0.1, -0.05) is 0 Å². The van der Waals surface area contributed by atoms with E-state index in [0.29, 0.717) is 0 Å². The van der Waals surface area contributed by atoms with Crippen LogP contribution in [0.3, 0.4) is 0 Å². The predicted octanol–water partition coefficient (Wildman–Crippen LogP) is 0.401. The van der Waals surface area contributed by atoms with E-state index in [1.165, 1.54) is 17.7 Å². The number of carbonyl (C=O) groups excluding carboxylic acids is 1. The Balaban J connectivity index is 2.85. The number of pyridine rings is 1. The molecule has 0 saturated heterocycles. The Hall–Kier alpha value is -2.57. The van der Waals surface area contributed by atoms with E-state index in [4.69, 9.17) is 10.8 Å². The van der Waals surface area contributed by atoms with Crippen molar-refractivity contribution in [3.63, 3.8) is 0 Å². The fourth-order valence-electron chi connectivity index (χ4n) is 1.56. The van der Waals surface area contributed by atoms with Crippen LogP contribution < -0.4 is 5.73 Å². The number of nitrogen functional groups attached to an aromatic ring is 1. The van der Waals surface area contributed by atoms with Gasteiger partial charge in [-0.05, 0) is 12.1 Å². The quantitative estimate of drug-likeness (QED) is 0.729. The normalized spacial score (nSPS) is 10.4. The maximum Gasteiger partial charge on any atom is 0.372 e. The van der Waals surface area contributed by atoms with Crippen molar-refractivity contribution >= 4 is 23.1 Å². The number of methoxy groups -OCH3 is 1. The van der Waals surface area contributed by atoms with Crippen molar-refractivity contribution in [2.45, 2.75) is 0 Å². The van der Waals surface area contributed by atoms with E-state index >= 15 is 0 Å². The summed E-state index contributed by atoms with van der Waals surface area (Å²) in [4.78, 5) is 26.2. The van der Waals surface area contributed by atoms with Gasteiger partial charge in [0.15, 0.2) is 5.69 Å². The first-order valence-corrected chi connectivity index (χ1v) is 4.64. The zero-order valence-corrected chi connectivity index (χ0v) is 8.88. The monoisotopic (exact) mass is 235 g/mol. The van der Waals surface area contributed by atoms with Gasteiger partial charge in [0.2, 0.25) is 5.82 Å². The van der Waals surface area contributed by atoms with Crippen LogP contribution in [0, 0.1) is 0 Å². The zero-order valence-electron chi connectivity index (χ0n) is 8.88. The van der Waals surface area contributed by atoms with Gasteiger partial charge in [0.1, 0.15) is 5.52 Å². The number of ether oxygens (including phenoxy) is 1. The number of nitrogens with two attached hydrogens (primary N) is 1. The van der Waals surface area contributed by atoms with Crippen molar-refractivity contribution in [1.29, 1.82) is 0 Å². The maximum atomic E-state index is 11.5. The Bertz CT molecular complexity index is 617. The van der Waals surface area contributed by atoms with E-state index in [0.717, 1.165) is 0 Å². The van der Waals surface area contributed by atoms with Gasteiger partial charge >= 0.3 is 11.9 Å². The maximum absolute atomic E-state index is 11.5. The van der Waals surface area contributed by atoms with Crippen LogP contribution in [0.4, 0.5) is 5.69 Å². The summed E-state index contributed by atoms with van der Waals surface area (Å²) < 4.78 is 5.77. The molecule has 2 heterocycles. The van der Waals surface area contributed by atoms with Crippen LogP contribution in [-0.2, 0) is 4.74 Å². The molecule has 3 N–H and O–H groups in total. The summed E-state index contributed by atoms with van der Waals surface area (Å²) in [5.74, 6) is -2.26. The molecule has 88 valence electrons. The zero-order chi connectivity index (χ0) is 12.6. The van der Waals surface area contributed by atoms with Gasteiger partial charge in [0.25, 0.3) is 0 Å². The number of hydrogen-bond acceptors (Lipinski definition) is 5. The van der Waals surface area contributed by atoms with Crippen LogP contribution in [0.5, 0.6) is 0 Å². The van der Waals surface area contributed by atoms with Crippen molar-refractivity contribution in [3.8, 4) is 0 Å². The third-order valence-electron chi connectivity index (χ3n) is 2.27. The second-order valence-corrected chi connectivity index (χ2v) is 3.26. The number of aromatic nitrogens is 2. The van der Waals surface area contributed by atoms with Gasteiger partial charge in [0, 0.05) is 6.20 Å². The summed E-state index contributed by atoms with van der Waals surface area (Å²) in [6, 6.07) is 3.12. The van der Waals surface area contributed by atoms with Crippen molar-refractivity contribution in [2.75, 3.05) is 12.8 Å². The number of fused-ring (bicyclic) bond motifs is 1. The van der Waals surface area contributed by atoms with Gasteiger partial charge < -0.3 is 15.6 Å². The molecule has 2 aromatic rings. The molecule has 0 amide bonds. The lowest BCUT2D eigenvalue weighted by Gasteiger charge is -2.00. The number of anilines is 1. The highest BCUT2D eigenvalue weighted by Gasteiger charge is 2.22. The summed E-state index contributed by atoms with van der Waals surface area (Å²) >= 11 is 0. The highest BCUT2D eigenvalue weighted by molar-refractivity contribution is 6.01. The first-order chi connectivity index (χ1) is 8.06. The number of esters is 1. The number of nitrogens with zero attached hydrogens (tertiary/aromatic N) is 2. The Morgan fingerprint density at radius 3 is 2.82 bits per heavy atom. The van der Waals surface area contributed by atoms with Crippen LogP contribution in [0.25, 0.3) is 5.52 Å². The summed E-state index contributed by atoms with van der Waals surface area (Å²) in [6.45, 7) is 0. The summed E-state index contributed by atoms with van der Waals surface area (Å²) in [7, 11) is 1.19. The molecular weight excluding hydrogens is 226 g/mol. The minimum absolute atomic E-state index is 0.108. The van der Waals surface area contributed by atoms with Gasteiger partial charge in [-0.2, -0.15) is 0 Å². The smallest absolute Gasteiger partial charge is 0.372 e. The summed E-state index contributed by atoms with van der Waals surface area (Å²) in [5.41, 5.74) is 6.08. The number of rotatable bonds is 2. The van der Waals surface area contributed by atoms with E-state index in [1.54, 1.807) is 12.1 Å². The van der Waals surface area contributed by atoms with Crippen molar-refractivity contribution < 1.29 is 19.4 Å². The van der Waals surface area contributed by atoms with E-state index < -0.39 is 11.9 Å². The molecule has 0 radical (unpaired) electrons. The number of hydrogen-bond donors (Lipinski definition) is 2. The molecule has 0 spiro atoms. The van der Waals surface area contributed by atoms with Crippen molar-refractivity contribution in [1.82, 2.24) is 9.38 Å². The van der Waals surface area contributed by atoms with Crippen LogP contribution in [0.2, 0.25) is 0 Å². The van der Waals surface area contributed by atoms with E-state index in [2.05, 4.69) is 9.72 Å². The van der Waals surface area contributed by atoms with Crippen LogP contribution >= 0.6 is 0 Å². The Morgan fingerprint density at radius 1 is 1.53 bits per heavy atom.